The van der Waals surface area contributed by atoms with Crippen molar-refractivity contribution in [3.05, 3.63) is 96.1 Å². The summed E-state index contributed by atoms with van der Waals surface area (Å²) >= 11 is 0. The lowest BCUT2D eigenvalue weighted by Gasteiger charge is -2.18. The number of nitrogens with two attached hydrogens (primary N) is 1. The van der Waals surface area contributed by atoms with E-state index in [0.717, 1.165) is 11.1 Å². The summed E-state index contributed by atoms with van der Waals surface area (Å²) in [6, 6.07) is 27.2. The normalized spacial score (nSPS) is 10.8. The Balaban J connectivity index is 1.65. The van der Waals surface area contributed by atoms with Crippen molar-refractivity contribution >= 4 is 14.3 Å². The third-order valence-corrected chi connectivity index (χ3v) is 4.48. The van der Waals surface area contributed by atoms with Gasteiger partial charge in [-0.2, -0.15) is 0 Å². The van der Waals surface area contributed by atoms with Crippen molar-refractivity contribution in [2.45, 2.75) is 13.2 Å². The van der Waals surface area contributed by atoms with E-state index in [2.05, 4.69) is 0 Å². The summed E-state index contributed by atoms with van der Waals surface area (Å²) in [7, 11) is -1.58. The molecule has 0 aliphatic rings. The monoisotopic (exact) mass is 353 g/mol. The van der Waals surface area contributed by atoms with Gasteiger partial charge in [-0.1, -0.05) is 72.8 Å². The first kappa shape index (κ1) is 17.4. The van der Waals surface area contributed by atoms with E-state index in [-0.39, 0.29) is 0 Å². The van der Waals surface area contributed by atoms with E-state index in [0.29, 0.717) is 24.7 Å². The number of hydrogen-bond acceptors (Lipinski definition) is 4. The Morgan fingerprint density at radius 2 is 1.12 bits per heavy atom. The SMILES string of the molecule is Nc1ccccc1OP(OCc1ccccc1)OCc1ccccc1. The third-order valence-electron chi connectivity index (χ3n) is 3.45. The summed E-state index contributed by atoms with van der Waals surface area (Å²) in [6.07, 6.45) is 0. The van der Waals surface area contributed by atoms with Crippen LogP contribution >= 0.6 is 8.60 Å². The van der Waals surface area contributed by atoms with Gasteiger partial charge in [-0.3, -0.25) is 9.05 Å². The molecule has 0 spiro atoms. The molecule has 4 nitrogen and oxygen atoms in total. The van der Waals surface area contributed by atoms with E-state index >= 15 is 0 Å². The predicted octanol–water partition coefficient (Wildman–Crippen LogP) is 5.31. The van der Waals surface area contributed by atoms with Gasteiger partial charge in [-0.15, -0.1) is 0 Å². The van der Waals surface area contributed by atoms with Gasteiger partial charge in [-0.25, -0.2) is 0 Å². The van der Waals surface area contributed by atoms with E-state index in [4.69, 9.17) is 19.3 Å². The lowest BCUT2D eigenvalue weighted by molar-refractivity contribution is 0.192. The molecule has 5 heteroatoms. The number of benzene rings is 3. The van der Waals surface area contributed by atoms with E-state index in [1.54, 1.807) is 6.07 Å². The molecule has 0 radical (unpaired) electrons. The van der Waals surface area contributed by atoms with Crippen LogP contribution in [0.5, 0.6) is 5.75 Å². The second-order valence-electron chi connectivity index (χ2n) is 5.37. The van der Waals surface area contributed by atoms with E-state index in [1.165, 1.54) is 0 Å². The van der Waals surface area contributed by atoms with Crippen LogP contribution in [0.25, 0.3) is 0 Å². The quantitative estimate of drug-likeness (QED) is 0.440. The fourth-order valence-electron chi connectivity index (χ4n) is 2.14. The lowest BCUT2D eigenvalue weighted by Crippen LogP contribution is -2.00. The van der Waals surface area contributed by atoms with Crippen LogP contribution in [0.3, 0.4) is 0 Å². The van der Waals surface area contributed by atoms with Crippen molar-refractivity contribution in [3.8, 4) is 5.75 Å². The number of rotatable bonds is 8. The van der Waals surface area contributed by atoms with E-state index in [1.807, 2.05) is 78.9 Å². The minimum Gasteiger partial charge on any atom is -0.425 e. The largest absolute Gasteiger partial charge is 0.425 e. The fraction of sp³-hybridized carbons (Fsp3) is 0.100. The molecule has 0 amide bonds. The van der Waals surface area contributed by atoms with Gasteiger partial charge in [0, 0.05) is 0 Å². The third kappa shape index (κ3) is 5.57. The summed E-state index contributed by atoms with van der Waals surface area (Å²) in [5.41, 5.74) is 8.63. The molecule has 0 atom stereocenters. The molecule has 0 unspecified atom stereocenters. The summed E-state index contributed by atoms with van der Waals surface area (Å²) < 4.78 is 17.6. The molecule has 128 valence electrons. The minimum atomic E-state index is -1.58. The van der Waals surface area contributed by atoms with Gasteiger partial charge < -0.3 is 10.3 Å². The summed E-state index contributed by atoms with van der Waals surface area (Å²) in [5.74, 6) is 0.565. The lowest BCUT2D eigenvalue weighted by atomic mass is 10.2. The van der Waals surface area contributed by atoms with Crippen molar-refractivity contribution in [2.24, 2.45) is 0 Å². The van der Waals surface area contributed by atoms with E-state index < -0.39 is 8.60 Å². The molecule has 0 aromatic heterocycles. The Morgan fingerprint density at radius 1 is 0.640 bits per heavy atom. The Kier molecular flexibility index (Phi) is 6.41. The Morgan fingerprint density at radius 3 is 1.64 bits per heavy atom. The number of nitrogen functional groups attached to an aromatic ring is 1. The second kappa shape index (κ2) is 9.19. The maximum absolute atomic E-state index is 5.96. The molecular formula is C20H20NO3P. The maximum atomic E-state index is 5.96. The first-order valence-electron chi connectivity index (χ1n) is 7.97. The predicted molar refractivity (Wildman–Crippen MR) is 101 cm³/mol. The molecular weight excluding hydrogens is 333 g/mol. The second-order valence-corrected chi connectivity index (χ2v) is 6.52. The van der Waals surface area contributed by atoms with Crippen LogP contribution in [-0.4, -0.2) is 0 Å². The molecule has 3 rings (SSSR count). The van der Waals surface area contributed by atoms with Crippen LogP contribution in [0.2, 0.25) is 0 Å². The Bertz CT molecular complexity index is 725. The molecule has 2 N–H and O–H groups in total. The minimum absolute atomic E-state index is 0.411. The smallest absolute Gasteiger partial charge is 0.397 e. The molecule has 25 heavy (non-hydrogen) atoms. The highest BCUT2D eigenvalue weighted by Gasteiger charge is 2.17. The first-order chi connectivity index (χ1) is 12.3. The van der Waals surface area contributed by atoms with Gasteiger partial charge >= 0.3 is 8.60 Å². The molecule has 0 saturated heterocycles. The number of hydrogen-bond donors (Lipinski definition) is 1. The molecule has 0 aliphatic heterocycles. The first-order valence-corrected chi connectivity index (χ1v) is 9.07. The number of para-hydroxylation sites is 2. The van der Waals surface area contributed by atoms with Gasteiger partial charge in [0.25, 0.3) is 0 Å². The van der Waals surface area contributed by atoms with E-state index in [9.17, 15) is 0 Å². The molecule has 0 aliphatic carbocycles. The van der Waals surface area contributed by atoms with Gasteiger partial charge in [0.05, 0.1) is 18.9 Å². The highest BCUT2D eigenvalue weighted by Crippen LogP contribution is 2.44. The summed E-state index contributed by atoms with van der Waals surface area (Å²) in [4.78, 5) is 0. The molecule has 0 heterocycles. The van der Waals surface area contributed by atoms with Crippen LogP contribution in [-0.2, 0) is 22.3 Å². The van der Waals surface area contributed by atoms with Gasteiger partial charge in [0.15, 0.2) is 5.75 Å². The Hall–Kier alpha value is -2.39. The molecule has 0 saturated carbocycles. The average molecular weight is 353 g/mol. The van der Waals surface area contributed by atoms with Crippen LogP contribution < -0.4 is 10.3 Å². The maximum Gasteiger partial charge on any atom is 0.397 e. The van der Waals surface area contributed by atoms with Crippen LogP contribution in [0.4, 0.5) is 5.69 Å². The standard InChI is InChI=1S/C20H20NO3P/c21-19-13-7-8-14-20(19)24-25(22-15-17-9-3-1-4-10-17)23-16-18-11-5-2-6-12-18/h1-14H,15-16,21H2. The van der Waals surface area contributed by atoms with Crippen LogP contribution in [0.1, 0.15) is 11.1 Å². The van der Waals surface area contributed by atoms with Crippen LogP contribution in [0, 0.1) is 0 Å². The topological polar surface area (TPSA) is 53.7 Å². The average Bonchev–Trinajstić information content (AvgIpc) is 2.67. The molecule has 0 fully saturated rings. The van der Waals surface area contributed by atoms with Gasteiger partial charge in [-0.05, 0) is 23.3 Å². The fourth-order valence-corrected chi connectivity index (χ4v) is 3.15. The molecule has 3 aromatic rings. The zero-order chi connectivity index (χ0) is 17.3. The summed E-state index contributed by atoms with van der Waals surface area (Å²) in [6.45, 7) is 0.822. The van der Waals surface area contributed by atoms with Crippen molar-refractivity contribution in [1.82, 2.24) is 0 Å². The highest BCUT2D eigenvalue weighted by molar-refractivity contribution is 7.42. The molecule has 3 aromatic carbocycles. The molecule has 0 bridgehead atoms. The van der Waals surface area contributed by atoms with Gasteiger partial charge in [0.2, 0.25) is 0 Å². The van der Waals surface area contributed by atoms with Crippen molar-refractivity contribution in [1.29, 1.82) is 0 Å². The van der Waals surface area contributed by atoms with Crippen molar-refractivity contribution < 1.29 is 13.6 Å². The van der Waals surface area contributed by atoms with Crippen molar-refractivity contribution in [3.63, 3.8) is 0 Å². The van der Waals surface area contributed by atoms with Crippen molar-refractivity contribution in [2.75, 3.05) is 5.73 Å². The highest BCUT2D eigenvalue weighted by atomic mass is 31.2. The zero-order valence-corrected chi connectivity index (χ0v) is 14.6. The van der Waals surface area contributed by atoms with Gasteiger partial charge in [0.1, 0.15) is 0 Å². The zero-order valence-electron chi connectivity index (χ0n) is 13.7. The summed E-state index contributed by atoms with van der Waals surface area (Å²) in [5, 5.41) is 0. The Labute approximate surface area is 149 Å². The number of anilines is 1. The van der Waals surface area contributed by atoms with Crippen LogP contribution in [0.15, 0.2) is 84.9 Å².